The van der Waals surface area contributed by atoms with E-state index in [0.29, 0.717) is 6.54 Å². The Hall–Kier alpha value is -1.46. The number of benzene rings is 1. The molecule has 0 saturated heterocycles. The van der Waals surface area contributed by atoms with Gasteiger partial charge in [-0.3, -0.25) is 0 Å². The van der Waals surface area contributed by atoms with Crippen LogP contribution in [0.2, 0.25) is 0 Å². The van der Waals surface area contributed by atoms with Crippen molar-refractivity contribution in [2.75, 3.05) is 13.2 Å². The van der Waals surface area contributed by atoms with Crippen LogP contribution in [0.5, 0.6) is 5.75 Å². The van der Waals surface area contributed by atoms with Gasteiger partial charge in [-0.2, -0.15) is 0 Å². The van der Waals surface area contributed by atoms with Crippen LogP contribution in [0.1, 0.15) is 9.75 Å². The van der Waals surface area contributed by atoms with E-state index < -0.39 is 11.6 Å². The number of hydrogen-bond donors (Lipinski definition) is 1. The molecule has 0 fully saturated rings. The summed E-state index contributed by atoms with van der Waals surface area (Å²) >= 11 is 1.72. The summed E-state index contributed by atoms with van der Waals surface area (Å²) in [6.45, 7) is 3.55. The summed E-state index contributed by atoms with van der Waals surface area (Å²) in [5.41, 5.74) is 0. The van der Waals surface area contributed by atoms with Crippen molar-refractivity contribution < 1.29 is 13.5 Å². The van der Waals surface area contributed by atoms with Crippen molar-refractivity contribution in [2.24, 2.45) is 0 Å². The van der Waals surface area contributed by atoms with Gasteiger partial charge in [0.15, 0.2) is 17.4 Å². The lowest BCUT2D eigenvalue weighted by Crippen LogP contribution is -2.20. The second-order valence-electron chi connectivity index (χ2n) is 4.09. The maximum absolute atomic E-state index is 13.2. The van der Waals surface area contributed by atoms with E-state index in [0.717, 1.165) is 6.54 Å². The summed E-state index contributed by atoms with van der Waals surface area (Å²) in [7, 11) is 0. The first-order valence-corrected chi connectivity index (χ1v) is 6.81. The summed E-state index contributed by atoms with van der Waals surface area (Å²) < 4.78 is 31.6. The Morgan fingerprint density at radius 3 is 2.53 bits per heavy atom. The Morgan fingerprint density at radius 1 is 1.16 bits per heavy atom. The van der Waals surface area contributed by atoms with Crippen molar-refractivity contribution in [3.63, 3.8) is 0 Å². The number of ether oxygens (including phenoxy) is 1. The molecule has 5 heteroatoms. The van der Waals surface area contributed by atoms with Crippen LogP contribution in [0.25, 0.3) is 0 Å². The third-order valence-electron chi connectivity index (χ3n) is 2.54. The van der Waals surface area contributed by atoms with Gasteiger partial charge in [-0.15, -0.1) is 11.3 Å². The van der Waals surface area contributed by atoms with Gasteiger partial charge in [-0.25, -0.2) is 8.78 Å². The summed E-state index contributed by atoms with van der Waals surface area (Å²) in [4.78, 5) is 2.50. The third kappa shape index (κ3) is 4.01. The maximum atomic E-state index is 13.2. The Labute approximate surface area is 115 Å². The van der Waals surface area contributed by atoms with Crippen molar-refractivity contribution in [3.8, 4) is 5.75 Å². The molecule has 0 atom stereocenters. The number of thiophene rings is 1. The van der Waals surface area contributed by atoms with Crippen LogP contribution in [0.4, 0.5) is 8.78 Å². The molecule has 0 bridgehead atoms. The van der Waals surface area contributed by atoms with Gasteiger partial charge in [0.25, 0.3) is 0 Å². The first-order chi connectivity index (χ1) is 9.16. The molecule has 19 heavy (non-hydrogen) atoms. The summed E-state index contributed by atoms with van der Waals surface area (Å²) in [5.74, 6) is -1.65. The van der Waals surface area contributed by atoms with Gasteiger partial charge in [0.1, 0.15) is 6.61 Å². The van der Waals surface area contributed by atoms with E-state index >= 15 is 0 Å². The molecule has 0 unspecified atom stereocenters. The Bertz CT molecular complexity index is 522. The first kappa shape index (κ1) is 14.0. The van der Waals surface area contributed by atoms with Crippen LogP contribution in [-0.2, 0) is 6.54 Å². The molecule has 0 aliphatic carbocycles. The molecular weight excluding hydrogens is 268 g/mol. The second kappa shape index (κ2) is 6.63. The molecule has 1 N–H and O–H groups in total. The quantitative estimate of drug-likeness (QED) is 0.819. The Morgan fingerprint density at radius 2 is 1.89 bits per heavy atom. The van der Waals surface area contributed by atoms with Gasteiger partial charge in [0.05, 0.1) is 0 Å². The molecule has 2 aromatic rings. The lowest BCUT2D eigenvalue weighted by Gasteiger charge is -2.08. The van der Waals surface area contributed by atoms with Crippen LogP contribution < -0.4 is 10.1 Å². The molecule has 1 aromatic heterocycles. The van der Waals surface area contributed by atoms with Crippen LogP contribution in [0.15, 0.2) is 30.3 Å². The molecule has 2 rings (SSSR count). The van der Waals surface area contributed by atoms with Crippen LogP contribution in [0.3, 0.4) is 0 Å². The minimum absolute atomic E-state index is 0.224. The average Bonchev–Trinajstić information content (AvgIpc) is 2.78. The molecular formula is C14H15F2NOS. The molecule has 0 spiro atoms. The van der Waals surface area contributed by atoms with E-state index in [9.17, 15) is 8.78 Å². The van der Waals surface area contributed by atoms with Crippen molar-refractivity contribution in [1.29, 1.82) is 0 Å². The summed E-state index contributed by atoms with van der Waals surface area (Å²) in [6, 6.07) is 7.80. The van der Waals surface area contributed by atoms with Gasteiger partial charge in [-0.05, 0) is 31.2 Å². The SMILES string of the molecule is Cc1ccc(CNCCOc2c(F)cccc2F)s1. The predicted octanol–water partition coefficient (Wildman–Crippen LogP) is 3.50. The number of hydrogen-bond acceptors (Lipinski definition) is 3. The Balaban J connectivity index is 1.72. The van der Waals surface area contributed by atoms with E-state index in [1.807, 2.05) is 0 Å². The number of nitrogens with one attached hydrogen (secondary N) is 1. The van der Waals surface area contributed by atoms with E-state index in [1.54, 1.807) is 11.3 Å². The molecule has 1 heterocycles. The largest absolute Gasteiger partial charge is 0.486 e. The van der Waals surface area contributed by atoms with Gasteiger partial charge >= 0.3 is 0 Å². The van der Waals surface area contributed by atoms with Gasteiger partial charge < -0.3 is 10.1 Å². The molecule has 2 nitrogen and oxygen atoms in total. The lowest BCUT2D eigenvalue weighted by molar-refractivity contribution is 0.283. The Kier molecular flexibility index (Phi) is 4.87. The van der Waals surface area contributed by atoms with Crippen molar-refractivity contribution in [3.05, 3.63) is 51.7 Å². The fourth-order valence-corrected chi connectivity index (χ4v) is 2.50. The minimum atomic E-state index is -0.672. The van der Waals surface area contributed by atoms with Gasteiger partial charge in [-0.1, -0.05) is 6.07 Å². The smallest absolute Gasteiger partial charge is 0.190 e. The normalized spacial score (nSPS) is 10.7. The number of para-hydroxylation sites is 1. The molecule has 1 aromatic carbocycles. The highest BCUT2D eigenvalue weighted by molar-refractivity contribution is 7.11. The molecule has 0 radical (unpaired) electrons. The number of halogens is 2. The van der Waals surface area contributed by atoms with Crippen LogP contribution in [0, 0.1) is 18.6 Å². The van der Waals surface area contributed by atoms with Crippen LogP contribution in [-0.4, -0.2) is 13.2 Å². The van der Waals surface area contributed by atoms with Crippen LogP contribution >= 0.6 is 11.3 Å². The zero-order valence-electron chi connectivity index (χ0n) is 10.6. The molecule has 0 saturated carbocycles. The average molecular weight is 283 g/mol. The van der Waals surface area contributed by atoms with Crippen molar-refractivity contribution in [2.45, 2.75) is 13.5 Å². The molecule has 102 valence electrons. The highest BCUT2D eigenvalue weighted by Gasteiger charge is 2.08. The van der Waals surface area contributed by atoms with E-state index in [-0.39, 0.29) is 12.4 Å². The third-order valence-corrected chi connectivity index (χ3v) is 3.54. The first-order valence-electron chi connectivity index (χ1n) is 5.99. The maximum Gasteiger partial charge on any atom is 0.190 e. The lowest BCUT2D eigenvalue weighted by atomic mass is 10.3. The topological polar surface area (TPSA) is 21.3 Å². The minimum Gasteiger partial charge on any atom is -0.486 e. The predicted molar refractivity (Wildman–Crippen MR) is 72.6 cm³/mol. The van der Waals surface area contributed by atoms with Gasteiger partial charge in [0, 0.05) is 22.8 Å². The van der Waals surface area contributed by atoms with E-state index in [2.05, 4.69) is 24.4 Å². The highest BCUT2D eigenvalue weighted by atomic mass is 32.1. The zero-order valence-corrected chi connectivity index (χ0v) is 11.4. The van der Waals surface area contributed by atoms with Crippen molar-refractivity contribution in [1.82, 2.24) is 5.32 Å². The fraction of sp³-hybridized carbons (Fsp3) is 0.286. The molecule has 0 aliphatic rings. The molecule has 0 aliphatic heterocycles. The van der Waals surface area contributed by atoms with E-state index in [1.165, 1.54) is 28.0 Å². The fourth-order valence-electron chi connectivity index (χ4n) is 1.64. The second-order valence-corrected chi connectivity index (χ2v) is 5.46. The standard InChI is InChI=1S/C14H15F2NOS/c1-10-5-6-11(19-10)9-17-7-8-18-14-12(15)3-2-4-13(14)16/h2-6,17H,7-9H2,1H3. The summed E-state index contributed by atoms with van der Waals surface area (Å²) in [6.07, 6.45) is 0. The van der Waals surface area contributed by atoms with Crippen molar-refractivity contribution >= 4 is 11.3 Å². The molecule has 0 amide bonds. The van der Waals surface area contributed by atoms with E-state index in [4.69, 9.17) is 4.74 Å². The highest BCUT2D eigenvalue weighted by Crippen LogP contribution is 2.20. The summed E-state index contributed by atoms with van der Waals surface area (Å²) in [5, 5.41) is 3.16. The number of aryl methyl sites for hydroxylation is 1. The number of rotatable bonds is 6. The monoisotopic (exact) mass is 283 g/mol. The zero-order chi connectivity index (χ0) is 13.7. The van der Waals surface area contributed by atoms with Gasteiger partial charge in [0.2, 0.25) is 0 Å².